The van der Waals surface area contributed by atoms with Crippen LogP contribution < -0.4 is 0 Å². The molecule has 0 unspecified atom stereocenters. The van der Waals surface area contributed by atoms with Gasteiger partial charge in [0.15, 0.2) is 0 Å². The van der Waals surface area contributed by atoms with Crippen molar-refractivity contribution < 1.29 is 18.3 Å². The van der Waals surface area contributed by atoms with Crippen molar-refractivity contribution in [3.05, 3.63) is 24.2 Å². The summed E-state index contributed by atoms with van der Waals surface area (Å²) in [6.07, 6.45) is 1.36. The molecule has 1 N–H and O–H groups in total. The normalized spacial score (nSPS) is 31.9. The van der Waals surface area contributed by atoms with E-state index in [2.05, 4.69) is 0 Å². The Balaban J connectivity index is 2.19. The van der Waals surface area contributed by atoms with Crippen molar-refractivity contribution in [2.75, 3.05) is 6.61 Å². The molecule has 1 aromatic heterocycles. The van der Waals surface area contributed by atoms with Gasteiger partial charge in [-0.3, -0.25) is 0 Å². The van der Waals surface area contributed by atoms with Crippen molar-refractivity contribution in [3.63, 3.8) is 0 Å². The number of aliphatic hydroxyl groups excluding tert-OH is 1. The van der Waals surface area contributed by atoms with Crippen LogP contribution >= 0.6 is 0 Å². The molecule has 0 spiro atoms. The summed E-state index contributed by atoms with van der Waals surface area (Å²) in [5, 5.41) is 8.59. The van der Waals surface area contributed by atoms with Gasteiger partial charge in [-0.15, -0.1) is 0 Å². The summed E-state index contributed by atoms with van der Waals surface area (Å²) in [4.78, 5) is 0. The number of alkyl halides is 2. The smallest absolute Gasteiger partial charge is 0.264 e. The first kappa shape index (κ1) is 7.73. The quantitative estimate of drug-likeness (QED) is 0.739. The van der Waals surface area contributed by atoms with Crippen LogP contribution in [0, 0.1) is 5.92 Å². The second-order valence-electron chi connectivity index (χ2n) is 2.96. The highest BCUT2D eigenvalue weighted by Gasteiger charge is 2.69. The van der Waals surface area contributed by atoms with Gasteiger partial charge in [0.2, 0.25) is 0 Å². The van der Waals surface area contributed by atoms with Gasteiger partial charge in [0.05, 0.1) is 24.7 Å². The second-order valence-corrected chi connectivity index (χ2v) is 2.96. The van der Waals surface area contributed by atoms with E-state index in [9.17, 15) is 8.78 Å². The Morgan fingerprint density at radius 3 is 2.75 bits per heavy atom. The van der Waals surface area contributed by atoms with Crippen molar-refractivity contribution >= 4 is 0 Å². The maximum Gasteiger partial charge on any atom is 0.264 e. The molecule has 4 heteroatoms. The second kappa shape index (κ2) is 2.29. The molecule has 1 heterocycles. The van der Waals surface area contributed by atoms with E-state index >= 15 is 0 Å². The van der Waals surface area contributed by atoms with E-state index in [1.54, 1.807) is 6.07 Å². The molecule has 0 aliphatic heterocycles. The van der Waals surface area contributed by atoms with Crippen LogP contribution in [-0.4, -0.2) is 17.6 Å². The third kappa shape index (κ3) is 0.876. The average molecular weight is 174 g/mol. The van der Waals surface area contributed by atoms with Crippen molar-refractivity contribution in [1.29, 1.82) is 0 Å². The van der Waals surface area contributed by atoms with Gasteiger partial charge in [-0.2, -0.15) is 0 Å². The fourth-order valence-corrected chi connectivity index (χ4v) is 1.47. The molecule has 0 radical (unpaired) electrons. The van der Waals surface area contributed by atoms with E-state index in [1.807, 2.05) is 0 Å². The van der Waals surface area contributed by atoms with Crippen molar-refractivity contribution in [2.24, 2.45) is 5.92 Å². The molecule has 0 bridgehead atoms. The minimum Gasteiger partial charge on any atom is -0.469 e. The lowest BCUT2D eigenvalue weighted by Crippen LogP contribution is -1.96. The van der Waals surface area contributed by atoms with Crippen molar-refractivity contribution in [1.82, 2.24) is 0 Å². The average Bonchev–Trinajstić information content (AvgIpc) is 2.50. The summed E-state index contributed by atoms with van der Waals surface area (Å²) in [6.45, 7) is -0.488. The van der Waals surface area contributed by atoms with E-state index < -0.39 is 24.4 Å². The van der Waals surface area contributed by atoms with Gasteiger partial charge >= 0.3 is 0 Å². The first-order chi connectivity index (χ1) is 5.68. The molecule has 2 rings (SSSR count). The number of hydrogen-bond donors (Lipinski definition) is 1. The van der Waals surface area contributed by atoms with Crippen LogP contribution in [-0.2, 0) is 0 Å². The highest BCUT2D eigenvalue weighted by Crippen LogP contribution is 2.61. The molecule has 1 aliphatic rings. The lowest BCUT2D eigenvalue weighted by Gasteiger charge is -1.90. The number of hydrogen-bond acceptors (Lipinski definition) is 2. The number of aliphatic hydroxyl groups is 1. The standard InChI is InChI=1S/C8H8F2O2/c9-8(10)5(4-11)7(8)6-2-1-3-12-6/h1-3,5,7,11H,4H2/t5-,7+/m1/s1. The summed E-state index contributed by atoms with van der Waals surface area (Å²) in [5.41, 5.74) is 0. The molecule has 2 nitrogen and oxygen atoms in total. The Hall–Kier alpha value is -0.900. The minimum atomic E-state index is -2.79. The molecular weight excluding hydrogens is 166 g/mol. The summed E-state index contributed by atoms with van der Waals surface area (Å²) in [5.74, 6) is -4.40. The van der Waals surface area contributed by atoms with Crippen molar-refractivity contribution in [2.45, 2.75) is 11.8 Å². The zero-order valence-corrected chi connectivity index (χ0v) is 6.21. The molecular formula is C8H8F2O2. The fraction of sp³-hybridized carbons (Fsp3) is 0.500. The van der Waals surface area contributed by atoms with E-state index in [1.165, 1.54) is 12.3 Å². The molecule has 2 atom stereocenters. The lowest BCUT2D eigenvalue weighted by atomic mass is 10.2. The van der Waals surface area contributed by atoms with Gasteiger partial charge in [0.1, 0.15) is 5.76 Å². The van der Waals surface area contributed by atoms with Crippen LogP contribution in [0.4, 0.5) is 8.78 Å². The lowest BCUT2D eigenvalue weighted by molar-refractivity contribution is 0.0770. The summed E-state index contributed by atoms with van der Waals surface area (Å²) in [7, 11) is 0. The Morgan fingerprint density at radius 1 is 1.58 bits per heavy atom. The van der Waals surface area contributed by atoms with Crippen LogP contribution in [0.15, 0.2) is 22.8 Å². The van der Waals surface area contributed by atoms with Crippen LogP contribution in [0.2, 0.25) is 0 Å². The fourth-order valence-electron chi connectivity index (χ4n) is 1.47. The predicted molar refractivity (Wildman–Crippen MR) is 37.0 cm³/mol. The number of rotatable bonds is 2. The van der Waals surface area contributed by atoms with Gasteiger partial charge in [0, 0.05) is 0 Å². The number of furan rings is 1. The Kier molecular flexibility index (Phi) is 1.48. The first-order valence-electron chi connectivity index (χ1n) is 3.70. The monoisotopic (exact) mass is 174 g/mol. The molecule has 0 saturated heterocycles. The summed E-state index contributed by atoms with van der Waals surface area (Å²) >= 11 is 0. The van der Waals surface area contributed by atoms with Gasteiger partial charge in [0.25, 0.3) is 5.92 Å². The van der Waals surface area contributed by atoms with Gasteiger partial charge in [-0.25, -0.2) is 8.78 Å². The molecule has 1 aliphatic carbocycles. The Labute approximate surface area is 67.8 Å². The van der Waals surface area contributed by atoms with Gasteiger partial charge in [-0.05, 0) is 12.1 Å². The third-order valence-electron chi connectivity index (χ3n) is 2.25. The Bertz CT molecular complexity index is 269. The third-order valence-corrected chi connectivity index (χ3v) is 2.25. The molecule has 12 heavy (non-hydrogen) atoms. The predicted octanol–water partition coefficient (Wildman–Crippen LogP) is 1.62. The Morgan fingerprint density at radius 2 is 2.33 bits per heavy atom. The van der Waals surface area contributed by atoms with Crippen LogP contribution in [0.1, 0.15) is 11.7 Å². The first-order valence-corrected chi connectivity index (χ1v) is 3.70. The molecule has 1 saturated carbocycles. The highest BCUT2D eigenvalue weighted by molar-refractivity contribution is 5.24. The molecule has 1 fully saturated rings. The zero-order chi connectivity index (χ0) is 8.77. The van der Waals surface area contributed by atoms with Gasteiger partial charge < -0.3 is 9.52 Å². The van der Waals surface area contributed by atoms with E-state index in [4.69, 9.17) is 9.52 Å². The maximum absolute atomic E-state index is 12.8. The van der Waals surface area contributed by atoms with E-state index in [0.29, 0.717) is 0 Å². The molecule has 1 aromatic rings. The van der Waals surface area contributed by atoms with E-state index in [-0.39, 0.29) is 5.76 Å². The van der Waals surface area contributed by atoms with E-state index in [0.717, 1.165) is 0 Å². The number of halogens is 2. The summed E-state index contributed by atoms with van der Waals surface area (Å²) in [6, 6.07) is 3.08. The van der Waals surface area contributed by atoms with Gasteiger partial charge in [-0.1, -0.05) is 0 Å². The largest absolute Gasteiger partial charge is 0.469 e. The van der Waals surface area contributed by atoms with Crippen LogP contribution in [0.5, 0.6) is 0 Å². The molecule has 66 valence electrons. The van der Waals surface area contributed by atoms with Crippen molar-refractivity contribution in [3.8, 4) is 0 Å². The SMILES string of the molecule is OC[C@@H]1[C@@H](c2ccco2)C1(F)F. The van der Waals surface area contributed by atoms with Crippen LogP contribution in [0.3, 0.4) is 0 Å². The highest BCUT2D eigenvalue weighted by atomic mass is 19.3. The zero-order valence-electron chi connectivity index (χ0n) is 6.21. The molecule has 0 amide bonds. The topological polar surface area (TPSA) is 33.4 Å². The maximum atomic E-state index is 12.8. The van der Waals surface area contributed by atoms with Crippen LogP contribution in [0.25, 0.3) is 0 Å². The summed E-state index contributed by atoms with van der Waals surface area (Å²) < 4.78 is 30.4. The minimum absolute atomic E-state index is 0.263. The molecule has 0 aromatic carbocycles.